The van der Waals surface area contributed by atoms with Crippen LogP contribution in [0.25, 0.3) is 16.9 Å². The van der Waals surface area contributed by atoms with Crippen LogP contribution in [0.2, 0.25) is 0 Å². The van der Waals surface area contributed by atoms with E-state index in [0.29, 0.717) is 23.3 Å². The van der Waals surface area contributed by atoms with Gasteiger partial charge in [0.2, 0.25) is 5.91 Å². The second kappa shape index (κ2) is 10.7. The van der Waals surface area contributed by atoms with E-state index in [4.69, 9.17) is 0 Å². The van der Waals surface area contributed by atoms with E-state index >= 15 is 0 Å². The number of aryl methyl sites for hydroxylation is 4. The number of nitrogens with zero attached hydrogens (tertiary/aromatic N) is 5. The van der Waals surface area contributed by atoms with Crippen LogP contribution in [-0.4, -0.2) is 49.3 Å². The van der Waals surface area contributed by atoms with Gasteiger partial charge in [-0.1, -0.05) is 48.0 Å². The van der Waals surface area contributed by atoms with Crippen molar-refractivity contribution in [2.45, 2.75) is 52.1 Å². The lowest BCUT2D eigenvalue weighted by Gasteiger charge is -2.32. The number of rotatable bonds is 7. The van der Waals surface area contributed by atoms with Crippen molar-refractivity contribution in [3.05, 3.63) is 87.5 Å². The van der Waals surface area contributed by atoms with Gasteiger partial charge in [-0.05, 0) is 44.4 Å². The average molecular weight is 499 g/mol. The molecule has 8 nitrogen and oxygen atoms in total. The third-order valence-electron chi connectivity index (χ3n) is 7.19. The molecule has 0 unspecified atom stereocenters. The molecule has 3 heterocycles. The molecule has 0 radical (unpaired) electrons. The molecule has 8 heteroatoms. The van der Waals surface area contributed by atoms with Crippen LogP contribution in [0.3, 0.4) is 0 Å². The zero-order chi connectivity index (χ0) is 25.9. The second-order valence-corrected chi connectivity index (χ2v) is 10.0. The average Bonchev–Trinajstić information content (AvgIpc) is 3.23. The molecule has 192 valence electrons. The smallest absolute Gasteiger partial charge is 0.273 e. The van der Waals surface area contributed by atoms with Gasteiger partial charge in [0, 0.05) is 45.6 Å². The molecule has 0 aliphatic carbocycles. The quantitative estimate of drug-likeness (QED) is 0.422. The minimum Gasteiger partial charge on any atom is -0.353 e. The molecule has 5 rings (SSSR count). The van der Waals surface area contributed by atoms with Gasteiger partial charge in [-0.15, -0.1) is 0 Å². The van der Waals surface area contributed by atoms with Gasteiger partial charge in [0.1, 0.15) is 11.2 Å². The maximum atomic E-state index is 13.1. The number of aromatic nitrogens is 4. The summed E-state index contributed by atoms with van der Waals surface area (Å²) in [5.74, 6) is -0.0301. The highest BCUT2D eigenvalue weighted by molar-refractivity contribution is 5.77. The lowest BCUT2D eigenvalue weighted by Crippen LogP contribution is -2.44. The van der Waals surface area contributed by atoms with Crippen LogP contribution in [-0.2, 0) is 24.8 Å². The second-order valence-electron chi connectivity index (χ2n) is 10.0. The van der Waals surface area contributed by atoms with Crippen molar-refractivity contribution in [3.63, 3.8) is 0 Å². The Morgan fingerprint density at radius 2 is 1.73 bits per heavy atom. The molecule has 1 N–H and O–H groups in total. The number of carbonyl (C=O) groups excluding carboxylic acids is 1. The molecular weight excluding hydrogens is 464 g/mol. The molecule has 0 saturated carbocycles. The molecule has 37 heavy (non-hydrogen) atoms. The molecule has 0 bridgehead atoms. The summed E-state index contributed by atoms with van der Waals surface area (Å²) in [6.45, 7) is 6.79. The van der Waals surface area contributed by atoms with Crippen LogP contribution in [0.1, 0.15) is 41.8 Å². The topological polar surface area (TPSA) is 85.1 Å². The Labute approximate surface area is 216 Å². The summed E-state index contributed by atoms with van der Waals surface area (Å²) in [4.78, 5) is 33.0. The van der Waals surface area contributed by atoms with E-state index in [2.05, 4.69) is 44.6 Å². The number of hydrogen-bond donors (Lipinski definition) is 1. The minimum atomic E-state index is -0.192. The van der Waals surface area contributed by atoms with Crippen LogP contribution in [0.5, 0.6) is 0 Å². The van der Waals surface area contributed by atoms with E-state index in [1.165, 1.54) is 5.56 Å². The number of nitrogens with one attached hydrogen (secondary N) is 1. The van der Waals surface area contributed by atoms with Crippen LogP contribution < -0.4 is 10.9 Å². The monoisotopic (exact) mass is 498 g/mol. The molecule has 1 amide bonds. The summed E-state index contributed by atoms with van der Waals surface area (Å²) in [6.07, 6.45) is 2.41. The Kier molecular flexibility index (Phi) is 7.19. The molecule has 2 aromatic carbocycles. The van der Waals surface area contributed by atoms with E-state index in [-0.39, 0.29) is 23.9 Å². The van der Waals surface area contributed by atoms with Crippen molar-refractivity contribution < 1.29 is 4.79 Å². The predicted octanol–water partition coefficient (Wildman–Crippen LogP) is 3.45. The standard InChI is InChI=1S/C29H34N6O2/c1-20-9-11-24(12-10-20)35-28-27(21(2)32-35)31-25(29(37)33(28)3)13-14-26(36)30-23-15-17-34(18-16-23)19-22-7-5-4-6-8-22/h4-12,23H,13-19H2,1-3H3,(H,30,36). The third kappa shape index (κ3) is 5.49. The van der Waals surface area contributed by atoms with Crippen molar-refractivity contribution in [1.82, 2.24) is 29.5 Å². The highest BCUT2D eigenvalue weighted by atomic mass is 16.1. The van der Waals surface area contributed by atoms with Gasteiger partial charge in [-0.3, -0.25) is 19.1 Å². The number of piperidine rings is 1. The van der Waals surface area contributed by atoms with Gasteiger partial charge in [-0.2, -0.15) is 5.10 Å². The first-order chi connectivity index (χ1) is 17.9. The molecule has 1 fully saturated rings. The molecule has 0 spiro atoms. The van der Waals surface area contributed by atoms with Crippen molar-refractivity contribution in [3.8, 4) is 5.69 Å². The molecule has 1 aliphatic rings. The van der Waals surface area contributed by atoms with Crippen molar-refractivity contribution >= 4 is 17.1 Å². The zero-order valence-electron chi connectivity index (χ0n) is 21.8. The first kappa shape index (κ1) is 24.9. The number of hydrogen-bond acceptors (Lipinski definition) is 5. The predicted molar refractivity (Wildman–Crippen MR) is 145 cm³/mol. The Balaban J connectivity index is 1.21. The number of benzene rings is 2. The molecule has 0 atom stereocenters. The maximum Gasteiger partial charge on any atom is 0.273 e. The fourth-order valence-electron chi connectivity index (χ4n) is 5.05. The summed E-state index contributed by atoms with van der Waals surface area (Å²) in [5.41, 5.74) is 5.64. The Bertz CT molecular complexity index is 1450. The van der Waals surface area contributed by atoms with Gasteiger partial charge in [0.05, 0.1) is 11.4 Å². The van der Waals surface area contributed by atoms with Crippen LogP contribution in [0.4, 0.5) is 0 Å². The van der Waals surface area contributed by atoms with Crippen molar-refractivity contribution in [2.24, 2.45) is 7.05 Å². The lowest BCUT2D eigenvalue weighted by atomic mass is 10.0. The number of fused-ring (bicyclic) bond motifs is 1. The van der Waals surface area contributed by atoms with E-state index in [9.17, 15) is 9.59 Å². The molecule has 2 aromatic heterocycles. The van der Waals surface area contributed by atoms with E-state index in [1.54, 1.807) is 16.3 Å². The van der Waals surface area contributed by atoms with Crippen LogP contribution >= 0.6 is 0 Å². The van der Waals surface area contributed by atoms with Crippen molar-refractivity contribution in [1.29, 1.82) is 0 Å². The minimum absolute atomic E-state index is 0.0301. The highest BCUT2D eigenvalue weighted by Gasteiger charge is 2.22. The molecule has 4 aromatic rings. The molecule has 1 saturated heterocycles. The van der Waals surface area contributed by atoms with Gasteiger partial charge >= 0.3 is 0 Å². The fraction of sp³-hybridized carbons (Fsp3) is 0.379. The van der Waals surface area contributed by atoms with E-state index in [0.717, 1.165) is 49.4 Å². The summed E-state index contributed by atoms with van der Waals surface area (Å²) in [5, 5.41) is 7.82. The van der Waals surface area contributed by atoms with Gasteiger partial charge in [0.15, 0.2) is 5.65 Å². The highest BCUT2D eigenvalue weighted by Crippen LogP contribution is 2.20. The van der Waals surface area contributed by atoms with E-state index in [1.807, 2.05) is 44.2 Å². The molecule has 1 aliphatic heterocycles. The SMILES string of the molecule is Cc1ccc(-n2nc(C)c3nc(CCC(=O)NC4CCN(Cc5ccccc5)CC4)c(=O)n(C)c32)cc1. The van der Waals surface area contributed by atoms with Crippen LogP contribution in [0.15, 0.2) is 59.4 Å². The number of amides is 1. The zero-order valence-corrected chi connectivity index (χ0v) is 21.8. The summed E-state index contributed by atoms with van der Waals surface area (Å²) >= 11 is 0. The molecular formula is C29H34N6O2. The van der Waals surface area contributed by atoms with Crippen LogP contribution in [0, 0.1) is 13.8 Å². The fourth-order valence-corrected chi connectivity index (χ4v) is 5.05. The van der Waals surface area contributed by atoms with Crippen molar-refractivity contribution in [2.75, 3.05) is 13.1 Å². The first-order valence-corrected chi connectivity index (χ1v) is 13.0. The van der Waals surface area contributed by atoms with Gasteiger partial charge < -0.3 is 5.32 Å². The number of likely N-dealkylation sites (tertiary alicyclic amines) is 1. The Hall–Kier alpha value is -3.78. The number of carbonyl (C=O) groups is 1. The Morgan fingerprint density at radius 1 is 1.03 bits per heavy atom. The maximum absolute atomic E-state index is 13.1. The third-order valence-corrected chi connectivity index (χ3v) is 7.19. The lowest BCUT2D eigenvalue weighted by molar-refractivity contribution is -0.122. The van der Waals surface area contributed by atoms with Gasteiger partial charge in [-0.25, -0.2) is 9.67 Å². The van der Waals surface area contributed by atoms with Gasteiger partial charge in [0.25, 0.3) is 5.56 Å². The summed E-state index contributed by atoms with van der Waals surface area (Å²) < 4.78 is 3.36. The van der Waals surface area contributed by atoms with E-state index < -0.39 is 0 Å². The largest absolute Gasteiger partial charge is 0.353 e. The summed E-state index contributed by atoms with van der Waals surface area (Å²) in [6, 6.07) is 18.7. The normalized spacial score (nSPS) is 14.8. The Morgan fingerprint density at radius 3 is 2.43 bits per heavy atom. The first-order valence-electron chi connectivity index (χ1n) is 13.0. The summed E-state index contributed by atoms with van der Waals surface area (Å²) in [7, 11) is 1.74.